The minimum Gasteiger partial charge on any atom is -0.456 e. The zero-order chi connectivity index (χ0) is 44.8. The van der Waals surface area contributed by atoms with E-state index in [9.17, 15) is 11.8 Å². The summed E-state index contributed by atoms with van der Waals surface area (Å²) in [5.41, 5.74) is 12.1. The molecule has 15 rings (SSSR count). The first-order valence-corrected chi connectivity index (χ1v) is 23.2. The number of thiophene rings is 1. The number of aromatic nitrogens is 4. The summed E-state index contributed by atoms with van der Waals surface area (Å²) in [4.78, 5) is 14.6. The predicted octanol–water partition coefficient (Wildman–Crippen LogP) is 16.4. The summed E-state index contributed by atoms with van der Waals surface area (Å²) in [6.45, 7) is 9.31. The molecule has 6 aromatic heterocycles. The molecule has 0 N–H and O–H groups in total. The average Bonchev–Trinajstić information content (AvgIpc) is 4.15. The number of pyridine rings is 2. The highest BCUT2D eigenvalue weighted by Crippen LogP contribution is 2.54. The highest BCUT2D eigenvalue weighted by molar-refractivity contribution is 7.26. The van der Waals surface area contributed by atoms with Gasteiger partial charge in [0.15, 0.2) is 0 Å². The molecule has 0 bridgehead atoms. The minimum atomic E-state index is 0.374. The molecular weight excluding hydrogens is 853 g/mol. The van der Waals surface area contributed by atoms with Gasteiger partial charge in [-0.05, 0) is 47.5 Å². The van der Waals surface area contributed by atoms with Gasteiger partial charge in [-0.25, -0.2) is 4.85 Å². The van der Waals surface area contributed by atoms with E-state index in [1.54, 1.807) is 11.3 Å². The minimum absolute atomic E-state index is 0.374. The van der Waals surface area contributed by atoms with Crippen LogP contribution in [0.25, 0.3) is 146 Å². The molecule has 0 fully saturated rings. The fourth-order valence-corrected chi connectivity index (χ4v) is 12.5. The van der Waals surface area contributed by atoms with Crippen molar-refractivity contribution >= 4 is 125 Å². The van der Waals surface area contributed by atoms with Crippen LogP contribution in [0.4, 0.5) is 5.69 Å². The van der Waals surface area contributed by atoms with Crippen LogP contribution in [0.3, 0.4) is 0 Å². The number of hydrogen-bond donors (Lipinski definition) is 0. The van der Waals surface area contributed by atoms with Crippen LogP contribution in [0, 0.1) is 17.9 Å². The lowest BCUT2D eigenvalue weighted by molar-refractivity contribution is 0.669. The van der Waals surface area contributed by atoms with Gasteiger partial charge in [0, 0.05) is 82.1 Å². The van der Waals surface area contributed by atoms with E-state index in [-0.39, 0.29) is 0 Å². The third-order valence-corrected chi connectivity index (χ3v) is 15.2. The maximum Gasteiger partial charge on any atom is 0.220 e. The van der Waals surface area contributed by atoms with Crippen LogP contribution in [-0.4, -0.2) is 19.1 Å². The molecule has 0 unspecified atom stereocenters. The molecule has 15 aromatic rings. The Hall–Kier alpha value is -9.34. The lowest BCUT2D eigenvalue weighted by Crippen LogP contribution is -2.09. The van der Waals surface area contributed by atoms with Gasteiger partial charge in [-0.3, -0.25) is 9.97 Å². The van der Waals surface area contributed by atoms with Gasteiger partial charge in [0.05, 0.1) is 61.3 Å². The number of furan rings is 1. The fraction of sp³-hybridized carbons (Fsp3) is 0. The topological polar surface area (TPSA) is 76.9 Å². The Bertz CT molecular complexity index is 4670. The highest BCUT2D eigenvalue weighted by atomic mass is 32.1. The zero-order valence-corrected chi connectivity index (χ0v) is 36.6. The third kappa shape index (κ3) is 4.73. The van der Waals surface area contributed by atoms with Crippen molar-refractivity contribution in [1.29, 1.82) is 5.26 Å². The Morgan fingerprint density at radius 3 is 1.79 bits per heavy atom. The lowest BCUT2D eigenvalue weighted by atomic mass is 9.88. The summed E-state index contributed by atoms with van der Waals surface area (Å²) in [5.74, 6) is 0. The smallest absolute Gasteiger partial charge is 0.220 e. The second-order valence-electron chi connectivity index (χ2n) is 17.4. The van der Waals surface area contributed by atoms with Crippen LogP contribution in [0.2, 0.25) is 0 Å². The summed E-state index contributed by atoms with van der Waals surface area (Å²) >= 11 is 1.76. The quantitative estimate of drug-likeness (QED) is 0.130. The number of nitrogens with zero attached hydrogens (tertiary/aromatic N) is 6. The SMILES string of the molecule is [C-]#[N+]c1c(-c2ccccc2)c(C#N)c(-n2c3cc4c(cc3c3ccc5c6ccccc6sc5c32)oc2ccccc24)c(-c2ccccc2)c1-n1c2ccnc3c4ccccc4c4nccc1c4c32. The number of nitriles is 1. The van der Waals surface area contributed by atoms with Gasteiger partial charge in [-0.1, -0.05) is 133 Å². The number of benzene rings is 9. The molecule has 0 aliphatic heterocycles. The van der Waals surface area contributed by atoms with Crippen molar-refractivity contribution in [3.63, 3.8) is 0 Å². The van der Waals surface area contributed by atoms with Crippen molar-refractivity contribution in [2.75, 3.05) is 0 Å². The molecule has 68 heavy (non-hydrogen) atoms. The molecule has 0 saturated carbocycles. The highest BCUT2D eigenvalue weighted by Gasteiger charge is 2.33. The van der Waals surface area contributed by atoms with Gasteiger partial charge in [-0.2, -0.15) is 5.26 Å². The third-order valence-electron chi connectivity index (χ3n) is 14.0. The Balaban J connectivity index is 1.25. The Labute approximate surface area is 390 Å². The maximum atomic E-state index is 12.0. The molecule has 7 nitrogen and oxygen atoms in total. The van der Waals surface area contributed by atoms with Crippen LogP contribution in [0.15, 0.2) is 187 Å². The van der Waals surface area contributed by atoms with E-state index >= 15 is 0 Å². The monoisotopic (exact) mass is 882 g/mol. The van der Waals surface area contributed by atoms with E-state index in [1.807, 2.05) is 91.3 Å². The van der Waals surface area contributed by atoms with Crippen molar-refractivity contribution in [3.05, 3.63) is 199 Å². The second-order valence-corrected chi connectivity index (χ2v) is 18.4. The molecule has 8 heteroatoms. The van der Waals surface area contributed by atoms with Crippen LogP contribution < -0.4 is 0 Å². The van der Waals surface area contributed by atoms with Gasteiger partial charge < -0.3 is 13.6 Å². The van der Waals surface area contributed by atoms with Crippen molar-refractivity contribution in [3.8, 4) is 39.7 Å². The number of hydrogen-bond acceptors (Lipinski definition) is 5. The largest absolute Gasteiger partial charge is 0.456 e. The first kappa shape index (κ1) is 36.9. The summed E-state index contributed by atoms with van der Waals surface area (Å²) in [6, 6.07) is 61.1. The Kier molecular flexibility index (Phi) is 7.39. The van der Waals surface area contributed by atoms with E-state index in [0.29, 0.717) is 28.2 Å². The number of fused-ring (bicyclic) bond motifs is 13. The first-order valence-electron chi connectivity index (χ1n) is 22.4. The molecule has 9 aromatic carbocycles. The zero-order valence-electron chi connectivity index (χ0n) is 35.8. The summed E-state index contributed by atoms with van der Waals surface area (Å²) in [6.07, 6.45) is 3.74. The van der Waals surface area contributed by atoms with Crippen molar-refractivity contribution in [2.24, 2.45) is 0 Å². The van der Waals surface area contributed by atoms with Crippen LogP contribution >= 0.6 is 11.3 Å². The van der Waals surface area contributed by atoms with E-state index in [4.69, 9.17) is 14.4 Å². The average molecular weight is 883 g/mol. The van der Waals surface area contributed by atoms with Gasteiger partial charge in [0.1, 0.15) is 17.2 Å². The number of para-hydroxylation sites is 1. The van der Waals surface area contributed by atoms with Crippen LogP contribution in [-0.2, 0) is 0 Å². The molecule has 0 radical (unpaired) electrons. The molecular formula is C60H30N6OS. The Morgan fingerprint density at radius 2 is 1.12 bits per heavy atom. The normalized spacial score (nSPS) is 12.1. The lowest BCUT2D eigenvalue weighted by Gasteiger charge is -2.25. The van der Waals surface area contributed by atoms with E-state index in [2.05, 4.69) is 111 Å². The van der Waals surface area contributed by atoms with Crippen molar-refractivity contribution in [1.82, 2.24) is 19.1 Å². The van der Waals surface area contributed by atoms with Crippen molar-refractivity contribution in [2.45, 2.75) is 0 Å². The molecule has 0 aliphatic rings. The molecule has 6 heterocycles. The van der Waals surface area contributed by atoms with Gasteiger partial charge >= 0.3 is 0 Å². The predicted molar refractivity (Wildman–Crippen MR) is 279 cm³/mol. The van der Waals surface area contributed by atoms with E-state index in [0.717, 1.165) is 114 Å². The van der Waals surface area contributed by atoms with Crippen LogP contribution in [0.1, 0.15) is 5.56 Å². The second kappa shape index (κ2) is 13.6. The molecule has 0 amide bonds. The van der Waals surface area contributed by atoms with Gasteiger partial charge in [-0.15, -0.1) is 11.3 Å². The molecule has 312 valence electrons. The van der Waals surface area contributed by atoms with E-state index in [1.165, 1.54) is 10.1 Å². The van der Waals surface area contributed by atoms with E-state index < -0.39 is 0 Å². The molecule has 0 spiro atoms. The van der Waals surface area contributed by atoms with Crippen molar-refractivity contribution < 1.29 is 4.42 Å². The summed E-state index contributed by atoms with van der Waals surface area (Å²) in [5, 5.41) is 22.4. The molecule has 0 atom stereocenters. The number of rotatable bonds is 4. The molecule has 0 saturated heterocycles. The first-order chi connectivity index (χ1) is 33.7. The molecule has 0 aliphatic carbocycles. The summed E-state index contributed by atoms with van der Waals surface area (Å²) < 4.78 is 13.5. The fourth-order valence-electron chi connectivity index (χ4n) is 11.3. The van der Waals surface area contributed by atoms with Crippen LogP contribution in [0.5, 0.6) is 0 Å². The van der Waals surface area contributed by atoms with Gasteiger partial charge in [0.25, 0.3) is 0 Å². The maximum absolute atomic E-state index is 12.0. The standard InChI is InChI=1S/C60H30N6OS/c1-62-56-50(33-14-4-2-5-15-33)43(32-61)57(51(34-16-6-3-7-17-34)59(56)65-44-26-28-63-54-37-20-8-9-21-38(37)55-53(52(44)54)45(65)27-29-64-55)66-46-30-42-35-18-10-12-22-47(35)67-48(42)31-41(46)39-24-25-40-36-19-11-13-23-49(36)68-60(40)58(39)66/h2-31H. The summed E-state index contributed by atoms with van der Waals surface area (Å²) in [7, 11) is 0. The Morgan fingerprint density at radius 1 is 0.515 bits per heavy atom. The van der Waals surface area contributed by atoms with Gasteiger partial charge in [0.2, 0.25) is 5.69 Å².